The van der Waals surface area contributed by atoms with E-state index in [0.29, 0.717) is 32.5 Å². The van der Waals surface area contributed by atoms with Crippen molar-refractivity contribution in [2.75, 3.05) is 19.6 Å². The van der Waals surface area contributed by atoms with E-state index in [1.165, 1.54) is 0 Å². The number of nitrogens with one attached hydrogen (secondary N) is 2. The first-order valence-corrected chi connectivity index (χ1v) is 15.4. The van der Waals surface area contributed by atoms with Crippen LogP contribution in [0.2, 0.25) is 0 Å². The lowest BCUT2D eigenvalue weighted by Gasteiger charge is -2.33. The molecule has 0 spiro atoms. The molecule has 0 bridgehead atoms. The van der Waals surface area contributed by atoms with E-state index >= 15 is 0 Å². The molecule has 4 aromatic rings. The van der Waals surface area contributed by atoms with Crippen LogP contribution in [0.1, 0.15) is 48.4 Å². The summed E-state index contributed by atoms with van der Waals surface area (Å²) >= 11 is 0. The van der Waals surface area contributed by atoms with Crippen LogP contribution in [0.3, 0.4) is 0 Å². The second kappa shape index (κ2) is 15.3. The molecule has 6 heteroatoms. The van der Waals surface area contributed by atoms with Crippen molar-refractivity contribution in [3.63, 3.8) is 0 Å². The van der Waals surface area contributed by atoms with Gasteiger partial charge < -0.3 is 21.3 Å². The van der Waals surface area contributed by atoms with E-state index in [2.05, 4.69) is 59.2 Å². The number of rotatable bonds is 12. The fourth-order valence-electron chi connectivity index (χ4n) is 5.91. The van der Waals surface area contributed by atoms with Crippen LogP contribution in [-0.2, 0) is 16.0 Å². The zero-order valence-corrected chi connectivity index (χ0v) is 24.7. The van der Waals surface area contributed by atoms with E-state index in [1.54, 1.807) is 0 Å². The summed E-state index contributed by atoms with van der Waals surface area (Å²) < 4.78 is 0. The van der Waals surface area contributed by atoms with Gasteiger partial charge >= 0.3 is 0 Å². The lowest BCUT2D eigenvalue weighted by molar-refractivity contribution is -0.134. The highest BCUT2D eigenvalue weighted by molar-refractivity contribution is 5.83. The van der Waals surface area contributed by atoms with Crippen LogP contribution in [0.15, 0.2) is 115 Å². The third kappa shape index (κ3) is 8.19. The van der Waals surface area contributed by atoms with E-state index in [9.17, 15) is 9.59 Å². The van der Waals surface area contributed by atoms with Gasteiger partial charge in [0.05, 0.1) is 18.5 Å². The van der Waals surface area contributed by atoms with Crippen LogP contribution in [0.5, 0.6) is 0 Å². The molecule has 1 fully saturated rings. The molecule has 1 saturated heterocycles. The number of hydrogen-bond donors (Lipinski definition) is 3. The Morgan fingerprint density at radius 2 is 1.40 bits per heavy atom. The van der Waals surface area contributed by atoms with Crippen LogP contribution in [0.25, 0.3) is 11.1 Å². The first-order valence-electron chi connectivity index (χ1n) is 15.4. The minimum atomic E-state index is -0.337. The number of carbonyl (C=O) groups excluding carboxylic acids is 2. The average molecular weight is 575 g/mol. The summed E-state index contributed by atoms with van der Waals surface area (Å²) in [5.41, 5.74) is 11.2. The Balaban J connectivity index is 1.27. The Morgan fingerprint density at radius 1 is 0.814 bits per heavy atom. The Bertz CT molecular complexity index is 1390. The monoisotopic (exact) mass is 574 g/mol. The van der Waals surface area contributed by atoms with Gasteiger partial charge in [-0.1, -0.05) is 122 Å². The minimum Gasteiger partial charge on any atom is -0.354 e. The van der Waals surface area contributed by atoms with Crippen LogP contribution in [0.4, 0.5) is 0 Å². The number of amides is 2. The minimum absolute atomic E-state index is 0.0200. The Hall–Kier alpha value is -4.26. The molecular formula is C37H42N4O2. The average Bonchev–Trinajstić information content (AvgIpc) is 3.20. The van der Waals surface area contributed by atoms with Gasteiger partial charge in [0.25, 0.3) is 0 Å². The maximum atomic E-state index is 14.1. The van der Waals surface area contributed by atoms with Crippen molar-refractivity contribution in [1.82, 2.24) is 15.5 Å². The molecule has 4 aromatic carbocycles. The molecule has 6 nitrogen and oxygen atoms in total. The summed E-state index contributed by atoms with van der Waals surface area (Å²) in [5.74, 6) is 0.0786. The lowest BCUT2D eigenvalue weighted by atomic mass is 9.96. The van der Waals surface area contributed by atoms with Gasteiger partial charge in [-0.05, 0) is 53.6 Å². The van der Waals surface area contributed by atoms with Gasteiger partial charge in [-0.2, -0.15) is 0 Å². The van der Waals surface area contributed by atoms with Gasteiger partial charge in [0.1, 0.15) is 0 Å². The lowest BCUT2D eigenvalue weighted by Crippen LogP contribution is -2.49. The van der Waals surface area contributed by atoms with Gasteiger partial charge in [0.15, 0.2) is 0 Å². The molecule has 2 atom stereocenters. The number of benzene rings is 4. The molecule has 1 aliphatic heterocycles. The first kappa shape index (κ1) is 30.2. The van der Waals surface area contributed by atoms with Crippen LogP contribution < -0.4 is 16.4 Å². The second-order valence-electron chi connectivity index (χ2n) is 11.3. The Morgan fingerprint density at radius 3 is 2.00 bits per heavy atom. The number of nitrogens with zero attached hydrogens (tertiary/aromatic N) is 1. The molecule has 0 aromatic heterocycles. The van der Waals surface area contributed by atoms with Crippen molar-refractivity contribution in [2.24, 2.45) is 5.73 Å². The normalized spacial score (nSPS) is 17.1. The van der Waals surface area contributed by atoms with Crippen LogP contribution in [0, 0.1) is 0 Å². The molecule has 2 unspecified atom stereocenters. The Labute approximate surface area is 255 Å². The molecule has 2 amide bonds. The molecule has 4 N–H and O–H groups in total. The zero-order valence-electron chi connectivity index (χ0n) is 24.7. The smallest absolute Gasteiger partial charge is 0.240 e. The van der Waals surface area contributed by atoms with Gasteiger partial charge in [0, 0.05) is 19.1 Å². The van der Waals surface area contributed by atoms with E-state index in [1.807, 2.05) is 71.6 Å². The Kier molecular flexibility index (Phi) is 10.7. The van der Waals surface area contributed by atoms with Crippen LogP contribution in [-0.4, -0.2) is 48.4 Å². The van der Waals surface area contributed by atoms with Gasteiger partial charge in [0.2, 0.25) is 11.8 Å². The van der Waals surface area contributed by atoms with Crippen molar-refractivity contribution in [3.8, 4) is 11.1 Å². The van der Waals surface area contributed by atoms with E-state index < -0.39 is 0 Å². The molecule has 222 valence electrons. The van der Waals surface area contributed by atoms with Gasteiger partial charge in [-0.3, -0.25) is 9.59 Å². The summed E-state index contributed by atoms with van der Waals surface area (Å²) in [7, 11) is 0. The molecular weight excluding hydrogens is 532 g/mol. The third-order valence-electron chi connectivity index (χ3n) is 8.20. The molecule has 0 aliphatic carbocycles. The number of carbonyl (C=O) groups is 2. The maximum absolute atomic E-state index is 14.1. The first-order chi connectivity index (χ1) is 21.1. The van der Waals surface area contributed by atoms with Crippen molar-refractivity contribution >= 4 is 11.8 Å². The van der Waals surface area contributed by atoms with Crippen molar-refractivity contribution in [2.45, 2.75) is 50.2 Å². The number of unbranched alkanes of at least 4 members (excludes halogenated alkanes) is 1. The summed E-state index contributed by atoms with van der Waals surface area (Å²) in [6, 6.07) is 38.3. The van der Waals surface area contributed by atoms with Crippen molar-refractivity contribution in [3.05, 3.63) is 132 Å². The molecule has 5 rings (SSSR count). The second-order valence-corrected chi connectivity index (χ2v) is 11.3. The largest absolute Gasteiger partial charge is 0.354 e. The fraction of sp³-hybridized carbons (Fsp3) is 0.297. The molecule has 0 saturated carbocycles. The summed E-state index contributed by atoms with van der Waals surface area (Å²) in [6.07, 6.45) is 3.50. The summed E-state index contributed by atoms with van der Waals surface area (Å²) in [6.45, 7) is 1.67. The summed E-state index contributed by atoms with van der Waals surface area (Å²) in [4.78, 5) is 29.1. The van der Waals surface area contributed by atoms with E-state index in [-0.39, 0.29) is 29.9 Å². The maximum Gasteiger partial charge on any atom is 0.240 e. The molecule has 1 aliphatic rings. The topological polar surface area (TPSA) is 87.5 Å². The SMILES string of the molecule is NCCCCC1NC(CNC(=O)Cc2ccc(-c3ccccc3)cc2)CCN(C(c2ccccc2)c2ccccc2)C1=O. The number of hydrogen-bond acceptors (Lipinski definition) is 4. The quantitative estimate of drug-likeness (QED) is 0.195. The zero-order chi connectivity index (χ0) is 29.9. The highest BCUT2D eigenvalue weighted by Crippen LogP contribution is 2.31. The van der Waals surface area contributed by atoms with Gasteiger partial charge in [-0.25, -0.2) is 0 Å². The summed E-state index contributed by atoms with van der Waals surface area (Å²) in [5, 5.41) is 6.74. The fourth-order valence-corrected chi connectivity index (χ4v) is 5.91. The van der Waals surface area contributed by atoms with E-state index in [4.69, 9.17) is 5.73 Å². The molecule has 43 heavy (non-hydrogen) atoms. The van der Waals surface area contributed by atoms with Gasteiger partial charge in [-0.15, -0.1) is 0 Å². The molecule has 1 heterocycles. The standard InChI is InChI=1S/C37H42N4O2/c38-24-11-10-18-34-37(43)41(36(31-14-6-2-7-15-31)32-16-8-3-9-17-32)25-23-33(40-34)27-39-35(42)26-28-19-21-30(22-20-28)29-12-4-1-5-13-29/h1-9,12-17,19-22,33-34,36,40H,10-11,18,23-27,38H2,(H,39,42). The third-order valence-corrected chi connectivity index (χ3v) is 8.20. The molecule has 0 radical (unpaired) electrons. The predicted octanol–water partition coefficient (Wildman–Crippen LogP) is 5.49. The highest BCUT2D eigenvalue weighted by Gasteiger charge is 2.35. The number of nitrogens with two attached hydrogens (primary N) is 1. The van der Waals surface area contributed by atoms with Crippen molar-refractivity contribution < 1.29 is 9.59 Å². The highest BCUT2D eigenvalue weighted by atomic mass is 16.2. The predicted molar refractivity (Wildman–Crippen MR) is 173 cm³/mol. The van der Waals surface area contributed by atoms with Crippen LogP contribution >= 0.6 is 0 Å². The van der Waals surface area contributed by atoms with E-state index in [0.717, 1.165) is 47.1 Å². The van der Waals surface area contributed by atoms with Crippen molar-refractivity contribution in [1.29, 1.82) is 0 Å².